The zero-order chi connectivity index (χ0) is 17.1. The fourth-order valence-corrected chi connectivity index (χ4v) is 3.26. The predicted octanol–water partition coefficient (Wildman–Crippen LogP) is 2.01. The van der Waals surface area contributed by atoms with E-state index in [1.165, 1.54) is 12.3 Å². The molecule has 0 saturated carbocycles. The summed E-state index contributed by atoms with van der Waals surface area (Å²) in [5, 5.41) is 16.7. The molecule has 0 aliphatic carbocycles. The van der Waals surface area contributed by atoms with Gasteiger partial charge in [-0.1, -0.05) is 0 Å². The van der Waals surface area contributed by atoms with Crippen LogP contribution < -0.4 is 5.32 Å². The number of nitrogens with zero attached hydrogens (tertiary/aromatic N) is 4. The van der Waals surface area contributed by atoms with E-state index in [2.05, 4.69) is 15.3 Å². The molecule has 9 heteroatoms. The van der Waals surface area contributed by atoms with Crippen LogP contribution in [0.25, 0.3) is 0 Å². The predicted molar refractivity (Wildman–Crippen MR) is 90.1 cm³/mol. The highest BCUT2D eigenvalue weighted by Crippen LogP contribution is 2.18. The first kappa shape index (κ1) is 16.3. The number of thiazole rings is 1. The van der Waals surface area contributed by atoms with Crippen molar-refractivity contribution in [2.45, 2.75) is 25.8 Å². The summed E-state index contributed by atoms with van der Waals surface area (Å²) < 4.78 is 0. The minimum atomic E-state index is -0.479. The van der Waals surface area contributed by atoms with Crippen LogP contribution in [0.3, 0.4) is 0 Å². The van der Waals surface area contributed by atoms with Gasteiger partial charge in [-0.3, -0.25) is 14.9 Å². The number of carbonyl (C=O) groups excluding carboxylic acids is 1. The number of likely N-dealkylation sites (tertiary alicyclic amines) is 1. The van der Waals surface area contributed by atoms with E-state index < -0.39 is 4.92 Å². The lowest BCUT2D eigenvalue weighted by atomic mass is 10.2. The Morgan fingerprint density at radius 2 is 2.38 bits per heavy atom. The highest BCUT2D eigenvalue weighted by Gasteiger charge is 2.26. The van der Waals surface area contributed by atoms with Gasteiger partial charge in [0.2, 0.25) is 5.91 Å². The zero-order valence-corrected chi connectivity index (χ0v) is 14.0. The minimum absolute atomic E-state index is 0.0395. The largest absolute Gasteiger partial charge is 0.365 e. The molecule has 0 spiro atoms. The molecule has 2 aromatic heterocycles. The Morgan fingerprint density at radius 1 is 1.54 bits per heavy atom. The second-order valence-electron chi connectivity index (χ2n) is 5.66. The van der Waals surface area contributed by atoms with Gasteiger partial charge in [0.05, 0.1) is 22.0 Å². The van der Waals surface area contributed by atoms with E-state index >= 15 is 0 Å². The highest BCUT2D eigenvalue weighted by molar-refractivity contribution is 7.09. The van der Waals surface area contributed by atoms with Gasteiger partial charge < -0.3 is 10.2 Å². The van der Waals surface area contributed by atoms with Crippen molar-refractivity contribution in [3.05, 3.63) is 44.5 Å². The summed E-state index contributed by atoms with van der Waals surface area (Å²) in [6.07, 6.45) is 2.37. The second kappa shape index (κ2) is 6.91. The van der Waals surface area contributed by atoms with Gasteiger partial charge in [0.15, 0.2) is 0 Å². The molecule has 3 heterocycles. The van der Waals surface area contributed by atoms with Crippen LogP contribution in [0.5, 0.6) is 0 Å². The van der Waals surface area contributed by atoms with Gasteiger partial charge in [-0.2, -0.15) is 0 Å². The Morgan fingerprint density at radius 3 is 3.00 bits per heavy atom. The molecule has 0 unspecified atom stereocenters. The van der Waals surface area contributed by atoms with Crippen LogP contribution in [-0.4, -0.2) is 44.8 Å². The van der Waals surface area contributed by atoms with Crippen molar-refractivity contribution >= 4 is 28.7 Å². The van der Waals surface area contributed by atoms with E-state index in [9.17, 15) is 14.9 Å². The summed E-state index contributed by atoms with van der Waals surface area (Å²) in [6.45, 7) is 3.21. The molecule has 1 aliphatic rings. The first-order chi connectivity index (χ1) is 11.5. The third kappa shape index (κ3) is 3.85. The number of hydrogen-bond donors (Lipinski definition) is 1. The van der Waals surface area contributed by atoms with Gasteiger partial charge in [-0.15, -0.1) is 11.3 Å². The molecule has 0 bridgehead atoms. The maximum Gasteiger partial charge on any atom is 0.287 e. The van der Waals surface area contributed by atoms with Gasteiger partial charge >= 0.3 is 0 Å². The molecule has 0 radical (unpaired) electrons. The molecule has 8 nitrogen and oxygen atoms in total. The number of aromatic nitrogens is 2. The topological polar surface area (TPSA) is 101 Å². The first-order valence-corrected chi connectivity index (χ1v) is 8.45. The smallest absolute Gasteiger partial charge is 0.287 e. The van der Waals surface area contributed by atoms with Crippen LogP contribution in [0.15, 0.2) is 23.7 Å². The molecule has 0 aromatic carbocycles. The van der Waals surface area contributed by atoms with Gasteiger partial charge in [-0.25, -0.2) is 9.97 Å². The number of aryl methyl sites for hydroxylation is 1. The van der Waals surface area contributed by atoms with Crippen LogP contribution in [0, 0.1) is 17.0 Å². The molecule has 24 heavy (non-hydrogen) atoms. The van der Waals surface area contributed by atoms with Crippen LogP contribution in [0.4, 0.5) is 11.5 Å². The maximum absolute atomic E-state index is 12.3. The van der Waals surface area contributed by atoms with Crippen LogP contribution in [-0.2, 0) is 11.2 Å². The van der Waals surface area contributed by atoms with Gasteiger partial charge in [-0.05, 0) is 19.4 Å². The summed E-state index contributed by atoms with van der Waals surface area (Å²) in [5.74, 6) is 0.649. The van der Waals surface area contributed by atoms with E-state index in [4.69, 9.17) is 0 Å². The number of nitrogens with one attached hydrogen (secondary N) is 1. The number of pyridine rings is 1. The van der Waals surface area contributed by atoms with E-state index in [0.29, 0.717) is 25.3 Å². The Kier molecular flexibility index (Phi) is 4.70. The summed E-state index contributed by atoms with van der Waals surface area (Å²) in [7, 11) is 0. The average Bonchev–Trinajstić information content (AvgIpc) is 3.17. The molecule has 3 rings (SSSR count). The summed E-state index contributed by atoms with van der Waals surface area (Å²) >= 11 is 1.54. The molecule has 2 aromatic rings. The monoisotopic (exact) mass is 347 g/mol. The summed E-state index contributed by atoms with van der Waals surface area (Å²) in [6, 6.07) is 3.10. The minimum Gasteiger partial charge on any atom is -0.365 e. The summed E-state index contributed by atoms with van der Waals surface area (Å²) in [4.78, 5) is 32.6. The van der Waals surface area contributed by atoms with Crippen molar-refractivity contribution in [2.24, 2.45) is 0 Å². The quantitative estimate of drug-likeness (QED) is 0.656. The molecule has 126 valence electrons. The van der Waals surface area contributed by atoms with Crippen molar-refractivity contribution in [2.75, 3.05) is 18.4 Å². The number of hydrogen-bond acceptors (Lipinski definition) is 7. The Hall–Kier alpha value is -2.55. The van der Waals surface area contributed by atoms with Gasteiger partial charge in [0.25, 0.3) is 5.69 Å². The lowest BCUT2D eigenvalue weighted by molar-refractivity contribution is -0.385. The second-order valence-corrected chi connectivity index (χ2v) is 6.73. The van der Waals surface area contributed by atoms with E-state index in [1.807, 2.05) is 17.2 Å². The Balaban J connectivity index is 1.53. The Bertz CT molecular complexity index is 746. The van der Waals surface area contributed by atoms with Crippen molar-refractivity contribution in [1.29, 1.82) is 0 Å². The van der Waals surface area contributed by atoms with Crippen molar-refractivity contribution in [3.8, 4) is 0 Å². The normalized spacial score (nSPS) is 17.0. The summed E-state index contributed by atoms with van der Waals surface area (Å²) in [5.41, 5.74) is 0.776. The molecular formula is C15H17N5O3S. The lowest BCUT2D eigenvalue weighted by Gasteiger charge is -2.17. The van der Waals surface area contributed by atoms with E-state index in [0.717, 1.165) is 17.1 Å². The molecular weight excluding hydrogens is 330 g/mol. The lowest BCUT2D eigenvalue weighted by Crippen LogP contribution is -2.32. The fraction of sp³-hybridized carbons (Fsp3) is 0.400. The average molecular weight is 347 g/mol. The van der Waals surface area contributed by atoms with Gasteiger partial charge in [0.1, 0.15) is 12.0 Å². The van der Waals surface area contributed by atoms with Crippen molar-refractivity contribution < 1.29 is 9.72 Å². The van der Waals surface area contributed by atoms with Crippen LogP contribution >= 0.6 is 11.3 Å². The highest BCUT2D eigenvalue weighted by atomic mass is 32.1. The number of carbonyl (C=O) groups is 1. The molecule has 1 amide bonds. The third-order valence-corrected chi connectivity index (χ3v) is 4.67. The Labute approximate surface area is 142 Å². The van der Waals surface area contributed by atoms with E-state index in [1.54, 1.807) is 17.4 Å². The number of amides is 1. The van der Waals surface area contributed by atoms with Crippen molar-refractivity contribution in [1.82, 2.24) is 14.9 Å². The van der Waals surface area contributed by atoms with Crippen LogP contribution in [0.1, 0.15) is 17.1 Å². The standard InChI is InChI=1S/C15H17N5O3S/c1-10-17-12(9-24-10)6-15(21)19-5-4-11(8-19)18-14-3-2-13(7-16-14)20(22)23/h2-3,7,9,11H,4-6,8H2,1H3,(H,16,18)/t11-/m0/s1. The van der Waals surface area contributed by atoms with E-state index in [-0.39, 0.29) is 17.6 Å². The maximum atomic E-state index is 12.3. The molecule has 1 N–H and O–H groups in total. The van der Waals surface area contributed by atoms with Crippen LogP contribution in [0.2, 0.25) is 0 Å². The molecule has 1 atom stereocenters. The third-order valence-electron chi connectivity index (χ3n) is 3.85. The van der Waals surface area contributed by atoms with Crippen molar-refractivity contribution in [3.63, 3.8) is 0 Å². The number of rotatable bonds is 5. The molecule has 1 aliphatic heterocycles. The number of nitro groups is 1. The number of anilines is 1. The fourth-order valence-electron chi connectivity index (χ4n) is 2.65. The van der Waals surface area contributed by atoms with Gasteiger partial charge in [0, 0.05) is 30.6 Å². The zero-order valence-electron chi connectivity index (χ0n) is 13.1. The SMILES string of the molecule is Cc1nc(CC(=O)N2CC[C@H](Nc3ccc([N+](=O)[O-])cn3)C2)cs1. The molecule has 1 saturated heterocycles. The molecule has 1 fully saturated rings. The first-order valence-electron chi connectivity index (χ1n) is 7.57.